The minimum Gasteiger partial charge on any atom is -0.386 e. The molecule has 1 saturated carbocycles. The summed E-state index contributed by atoms with van der Waals surface area (Å²) in [5.41, 5.74) is 9.20. The summed E-state index contributed by atoms with van der Waals surface area (Å²) in [5.74, 6) is 3.11. The number of carbonyl (C=O) groups is 1. The molecule has 1 aromatic heterocycles. The number of allylic oxidation sites excluding steroid dienone is 2. The number of nitrogens with zero attached hydrogens (tertiary/aromatic N) is 4. The normalized spacial score (nSPS) is 15.6. The van der Waals surface area contributed by atoms with E-state index < -0.39 is 6.17 Å². The third kappa shape index (κ3) is 6.53. The van der Waals surface area contributed by atoms with Gasteiger partial charge in [0.25, 0.3) is 0 Å². The van der Waals surface area contributed by atoms with Gasteiger partial charge in [-0.3, -0.25) is 4.79 Å². The van der Waals surface area contributed by atoms with Crippen LogP contribution in [0.15, 0.2) is 65.8 Å². The summed E-state index contributed by atoms with van der Waals surface area (Å²) in [6.45, 7) is 8.39. The molecule has 1 amide bonds. The van der Waals surface area contributed by atoms with Gasteiger partial charge in [0.15, 0.2) is 6.17 Å². The highest BCUT2D eigenvalue weighted by Gasteiger charge is 2.31. The van der Waals surface area contributed by atoms with Crippen molar-refractivity contribution in [3.05, 3.63) is 72.0 Å². The summed E-state index contributed by atoms with van der Waals surface area (Å²) in [6, 6.07) is 10.6. The maximum Gasteiger partial charge on any atom is 0.247 e. The molecule has 1 fully saturated rings. The van der Waals surface area contributed by atoms with Crippen LogP contribution in [0.5, 0.6) is 0 Å². The van der Waals surface area contributed by atoms with Crippen LogP contribution in [-0.4, -0.2) is 68.5 Å². The molecule has 1 aliphatic carbocycles. The topological polar surface area (TPSA) is 76.9 Å². The Morgan fingerprint density at radius 2 is 2.00 bits per heavy atom. The molecule has 1 unspecified atom stereocenters. The second-order valence-corrected chi connectivity index (χ2v) is 11.9. The Bertz CT molecular complexity index is 1650. The molecule has 1 aliphatic heterocycles. The number of amides is 1. The smallest absolute Gasteiger partial charge is 0.247 e. The fraction of sp³-hybridized carbons (Fsp3) is 0.389. The van der Waals surface area contributed by atoms with E-state index in [-0.39, 0.29) is 5.91 Å². The van der Waals surface area contributed by atoms with Gasteiger partial charge in [0.05, 0.1) is 34.0 Å². The Morgan fingerprint density at radius 3 is 2.66 bits per heavy atom. The zero-order valence-electron chi connectivity index (χ0n) is 26.7. The molecule has 2 aromatic carbocycles. The van der Waals surface area contributed by atoms with Crippen molar-refractivity contribution in [2.75, 3.05) is 62.1 Å². The molecule has 0 spiro atoms. The number of aliphatic imine (C=N–C) groups is 1. The first-order chi connectivity index (χ1) is 21.3. The van der Waals surface area contributed by atoms with Crippen LogP contribution in [-0.2, 0) is 17.8 Å². The first-order valence-electron chi connectivity index (χ1n) is 15.5. The van der Waals surface area contributed by atoms with Crippen LogP contribution in [0.3, 0.4) is 0 Å². The van der Waals surface area contributed by atoms with E-state index in [1.165, 1.54) is 28.1 Å². The van der Waals surface area contributed by atoms with Crippen molar-refractivity contribution in [2.45, 2.75) is 45.3 Å². The summed E-state index contributed by atoms with van der Waals surface area (Å²) in [7, 11) is 7.99. The average molecular weight is 592 g/mol. The molecule has 0 radical (unpaired) electrons. The fourth-order valence-corrected chi connectivity index (χ4v) is 6.08. The zero-order chi connectivity index (χ0) is 31.4. The lowest BCUT2D eigenvalue weighted by molar-refractivity contribution is -0.111. The standard InChI is InChI=1S/C36H45N7O/c1-8-26(24-16-17-24)35(28-23-43-18-12-14-25-13-11-15-27(28)36(25)43)40-33(9-2)38-30-21-31(39-34(44)10-3)32(22-29(30)37-4)42(7)20-19-41(5)6/h2,8,10-11,13,15,21-24,33,37-38H,3,12,14,16-20H2,1,4-7H3,(H,39,44)/b26-8-,40-35+. The van der Waals surface area contributed by atoms with E-state index in [0.29, 0.717) is 11.6 Å². The molecular weight excluding hydrogens is 546 g/mol. The number of nitrogens with one attached hydrogen (secondary N) is 3. The van der Waals surface area contributed by atoms with E-state index in [2.05, 4.69) is 80.2 Å². The van der Waals surface area contributed by atoms with E-state index in [1.54, 1.807) is 0 Å². The van der Waals surface area contributed by atoms with Crippen LogP contribution in [0, 0.1) is 18.3 Å². The van der Waals surface area contributed by atoms with E-state index in [4.69, 9.17) is 11.4 Å². The lowest BCUT2D eigenvalue weighted by atomic mass is 9.96. The minimum atomic E-state index is -0.641. The molecule has 2 heterocycles. The molecule has 230 valence electrons. The van der Waals surface area contributed by atoms with Crippen LogP contribution in [0.4, 0.5) is 22.7 Å². The van der Waals surface area contributed by atoms with Gasteiger partial charge in [-0.2, -0.15) is 0 Å². The highest BCUT2D eigenvalue weighted by atomic mass is 16.1. The number of anilines is 4. The molecule has 0 bridgehead atoms. The molecule has 0 saturated heterocycles. The van der Waals surface area contributed by atoms with Crippen LogP contribution in [0.2, 0.25) is 0 Å². The number of benzene rings is 2. The molecule has 5 rings (SSSR count). The van der Waals surface area contributed by atoms with Gasteiger partial charge in [-0.1, -0.05) is 36.8 Å². The van der Waals surface area contributed by atoms with E-state index in [9.17, 15) is 4.79 Å². The number of hydrogen-bond acceptors (Lipinski definition) is 6. The fourth-order valence-electron chi connectivity index (χ4n) is 6.08. The highest BCUT2D eigenvalue weighted by molar-refractivity contribution is 6.20. The highest BCUT2D eigenvalue weighted by Crippen LogP contribution is 2.41. The van der Waals surface area contributed by atoms with Crippen molar-refractivity contribution in [1.29, 1.82) is 0 Å². The van der Waals surface area contributed by atoms with Crippen LogP contribution in [0.1, 0.15) is 37.3 Å². The molecule has 44 heavy (non-hydrogen) atoms. The van der Waals surface area contributed by atoms with Gasteiger partial charge in [-0.25, -0.2) is 4.99 Å². The number of aromatic nitrogens is 1. The predicted molar refractivity (Wildman–Crippen MR) is 186 cm³/mol. The second-order valence-electron chi connectivity index (χ2n) is 11.9. The molecule has 1 atom stereocenters. The van der Waals surface area contributed by atoms with Crippen molar-refractivity contribution in [2.24, 2.45) is 10.9 Å². The van der Waals surface area contributed by atoms with Crippen molar-refractivity contribution in [1.82, 2.24) is 9.47 Å². The molecule has 8 nitrogen and oxygen atoms in total. The largest absolute Gasteiger partial charge is 0.386 e. The van der Waals surface area contributed by atoms with Crippen molar-refractivity contribution >= 4 is 45.3 Å². The Morgan fingerprint density at radius 1 is 1.20 bits per heavy atom. The number of hydrogen-bond donors (Lipinski definition) is 3. The lowest BCUT2D eigenvalue weighted by Gasteiger charge is -2.26. The van der Waals surface area contributed by atoms with Crippen LogP contribution < -0.4 is 20.9 Å². The first kappa shape index (κ1) is 31.0. The Hall–Kier alpha value is -4.48. The number of carbonyl (C=O) groups excluding carboxylic acids is 1. The molecular formula is C36H45N7O. The second kappa shape index (κ2) is 13.4. The van der Waals surface area contributed by atoms with Gasteiger partial charge in [-0.05, 0) is 82.0 Å². The number of aryl methyl sites for hydroxylation is 2. The third-order valence-electron chi connectivity index (χ3n) is 8.53. The quantitative estimate of drug-likeness (QED) is 0.130. The number of likely N-dealkylation sites (N-methyl/N-ethyl adjacent to an activating group) is 2. The monoisotopic (exact) mass is 591 g/mol. The minimum absolute atomic E-state index is 0.278. The molecule has 3 N–H and O–H groups in total. The molecule has 3 aromatic rings. The lowest BCUT2D eigenvalue weighted by Crippen LogP contribution is -2.29. The zero-order valence-corrected chi connectivity index (χ0v) is 26.7. The molecule has 2 aliphatic rings. The summed E-state index contributed by atoms with van der Waals surface area (Å²) in [6.07, 6.45) is 15.8. The average Bonchev–Trinajstić information content (AvgIpc) is 3.80. The Labute approximate surface area is 261 Å². The Kier molecular flexibility index (Phi) is 9.46. The van der Waals surface area contributed by atoms with Crippen molar-refractivity contribution < 1.29 is 4.79 Å². The summed E-state index contributed by atoms with van der Waals surface area (Å²) in [4.78, 5) is 22.0. The summed E-state index contributed by atoms with van der Waals surface area (Å²) < 4.78 is 2.39. The SMILES string of the molecule is C#CC(/N=C(\C(=C/C)C1CC1)c1cn2c3c(cccc13)CCC2)Nc1cc(NC(=O)C=C)c(N(C)CCN(C)C)cc1NC. The molecule has 8 heteroatoms. The van der Waals surface area contributed by atoms with Crippen molar-refractivity contribution in [3.8, 4) is 12.3 Å². The number of para-hydroxylation sites is 1. The van der Waals surface area contributed by atoms with Crippen LogP contribution >= 0.6 is 0 Å². The maximum absolute atomic E-state index is 12.5. The third-order valence-corrected chi connectivity index (χ3v) is 8.53. The van der Waals surface area contributed by atoms with Crippen molar-refractivity contribution in [3.63, 3.8) is 0 Å². The van der Waals surface area contributed by atoms with Gasteiger partial charge < -0.3 is 30.3 Å². The van der Waals surface area contributed by atoms with E-state index in [1.807, 2.05) is 40.3 Å². The number of rotatable bonds is 13. The number of terminal acetylenes is 1. The van der Waals surface area contributed by atoms with E-state index >= 15 is 0 Å². The van der Waals surface area contributed by atoms with Gasteiger partial charge >= 0.3 is 0 Å². The van der Waals surface area contributed by atoms with Gasteiger partial charge in [-0.15, -0.1) is 6.42 Å². The van der Waals surface area contributed by atoms with Gasteiger partial charge in [0.1, 0.15) is 0 Å². The van der Waals surface area contributed by atoms with Crippen LogP contribution in [0.25, 0.3) is 10.9 Å². The summed E-state index contributed by atoms with van der Waals surface area (Å²) in [5, 5.41) is 11.0. The maximum atomic E-state index is 12.5. The van der Waals surface area contributed by atoms with Gasteiger partial charge in [0.2, 0.25) is 5.91 Å². The summed E-state index contributed by atoms with van der Waals surface area (Å²) >= 11 is 0. The van der Waals surface area contributed by atoms with E-state index in [0.717, 1.165) is 73.7 Å². The van der Waals surface area contributed by atoms with Gasteiger partial charge in [0, 0.05) is 50.9 Å². The predicted octanol–water partition coefficient (Wildman–Crippen LogP) is 5.97. The Balaban J connectivity index is 1.57. The first-order valence-corrected chi connectivity index (χ1v) is 15.5.